The van der Waals surface area contributed by atoms with Crippen LogP contribution in [0.2, 0.25) is 0 Å². The SMILES string of the molecule is O=C1Nc2ccccc2CCC1n1cc(CCO)nn1. The van der Waals surface area contributed by atoms with Crippen LogP contribution >= 0.6 is 0 Å². The van der Waals surface area contributed by atoms with E-state index in [0.717, 1.165) is 17.7 Å². The zero-order valence-electron chi connectivity index (χ0n) is 11.0. The minimum absolute atomic E-state index is 0.0288. The summed E-state index contributed by atoms with van der Waals surface area (Å²) >= 11 is 0. The molecule has 1 atom stereocenters. The van der Waals surface area contributed by atoms with Gasteiger partial charge in [0.2, 0.25) is 5.91 Å². The number of benzene rings is 1. The van der Waals surface area contributed by atoms with Gasteiger partial charge in [-0.1, -0.05) is 23.4 Å². The van der Waals surface area contributed by atoms with E-state index in [1.165, 1.54) is 0 Å². The lowest BCUT2D eigenvalue weighted by molar-refractivity contribution is -0.119. The molecule has 0 aliphatic carbocycles. The molecule has 1 unspecified atom stereocenters. The summed E-state index contributed by atoms with van der Waals surface area (Å²) in [6.07, 6.45) is 3.69. The maximum absolute atomic E-state index is 12.3. The van der Waals surface area contributed by atoms with E-state index in [1.54, 1.807) is 10.9 Å². The highest BCUT2D eigenvalue weighted by molar-refractivity contribution is 5.95. The van der Waals surface area contributed by atoms with Crippen LogP contribution < -0.4 is 5.32 Å². The third-order valence-electron chi connectivity index (χ3n) is 3.51. The topological polar surface area (TPSA) is 80.0 Å². The number of anilines is 1. The van der Waals surface area contributed by atoms with Crippen LogP contribution in [0, 0.1) is 0 Å². The zero-order chi connectivity index (χ0) is 13.9. The Morgan fingerprint density at radius 2 is 2.25 bits per heavy atom. The lowest BCUT2D eigenvalue weighted by Gasteiger charge is -2.12. The summed E-state index contributed by atoms with van der Waals surface area (Å²) in [5.41, 5.74) is 2.71. The fraction of sp³-hybridized carbons (Fsp3) is 0.357. The Morgan fingerprint density at radius 3 is 3.10 bits per heavy atom. The number of rotatable bonds is 3. The molecule has 1 aliphatic rings. The molecule has 0 fully saturated rings. The average Bonchev–Trinajstić information content (AvgIpc) is 2.82. The predicted molar refractivity (Wildman–Crippen MR) is 73.2 cm³/mol. The Kier molecular flexibility index (Phi) is 3.47. The normalized spacial score (nSPS) is 18.2. The molecule has 20 heavy (non-hydrogen) atoms. The van der Waals surface area contributed by atoms with E-state index in [-0.39, 0.29) is 18.6 Å². The summed E-state index contributed by atoms with van der Waals surface area (Å²) in [4.78, 5) is 12.3. The highest BCUT2D eigenvalue weighted by atomic mass is 16.3. The third kappa shape index (κ3) is 2.42. The molecule has 2 N–H and O–H groups in total. The summed E-state index contributed by atoms with van der Waals surface area (Å²) < 4.78 is 1.59. The molecule has 0 bridgehead atoms. The Hall–Kier alpha value is -2.21. The van der Waals surface area contributed by atoms with Crippen molar-refractivity contribution in [3.05, 3.63) is 41.7 Å². The molecule has 2 aromatic rings. The molecule has 1 aromatic carbocycles. The van der Waals surface area contributed by atoms with Crippen LogP contribution in [0.15, 0.2) is 30.5 Å². The van der Waals surface area contributed by atoms with E-state index in [1.807, 2.05) is 24.3 Å². The van der Waals surface area contributed by atoms with Crippen LogP contribution in [0.25, 0.3) is 0 Å². The van der Waals surface area contributed by atoms with Crippen molar-refractivity contribution in [3.8, 4) is 0 Å². The summed E-state index contributed by atoms with van der Waals surface area (Å²) in [7, 11) is 0. The maximum Gasteiger partial charge on any atom is 0.249 e. The molecule has 0 radical (unpaired) electrons. The van der Waals surface area contributed by atoms with Crippen molar-refractivity contribution in [3.63, 3.8) is 0 Å². The third-order valence-corrected chi connectivity index (χ3v) is 3.51. The first-order valence-corrected chi connectivity index (χ1v) is 6.68. The van der Waals surface area contributed by atoms with Crippen LogP contribution in [0.4, 0.5) is 5.69 Å². The maximum atomic E-state index is 12.3. The molecule has 6 heteroatoms. The van der Waals surface area contributed by atoms with E-state index >= 15 is 0 Å². The van der Waals surface area contributed by atoms with Gasteiger partial charge in [-0.2, -0.15) is 0 Å². The lowest BCUT2D eigenvalue weighted by Crippen LogP contribution is -2.25. The van der Waals surface area contributed by atoms with E-state index in [4.69, 9.17) is 5.11 Å². The lowest BCUT2D eigenvalue weighted by atomic mass is 10.1. The van der Waals surface area contributed by atoms with Crippen molar-refractivity contribution in [2.75, 3.05) is 11.9 Å². The Morgan fingerprint density at radius 1 is 1.40 bits per heavy atom. The van der Waals surface area contributed by atoms with E-state index in [9.17, 15) is 4.79 Å². The molecule has 2 heterocycles. The minimum atomic E-state index is -0.359. The second-order valence-corrected chi connectivity index (χ2v) is 4.86. The number of aliphatic hydroxyl groups is 1. The number of nitrogens with one attached hydrogen (secondary N) is 1. The number of fused-ring (bicyclic) bond motifs is 1. The van der Waals surface area contributed by atoms with Crippen molar-refractivity contribution in [2.24, 2.45) is 0 Å². The fourth-order valence-corrected chi connectivity index (χ4v) is 2.45. The van der Waals surface area contributed by atoms with Gasteiger partial charge in [-0.15, -0.1) is 5.10 Å². The Bertz CT molecular complexity index is 623. The fourth-order valence-electron chi connectivity index (χ4n) is 2.45. The number of hydrogen-bond acceptors (Lipinski definition) is 4. The van der Waals surface area contributed by atoms with Crippen molar-refractivity contribution >= 4 is 11.6 Å². The van der Waals surface area contributed by atoms with E-state index in [0.29, 0.717) is 18.5 Å². The van der Waals surface area contributed by atoms with Gasteiger partial charge in [0.05, 0.1) is 5.69 Å². The van der Waals surface area contributed by atoms with E-state index < -0.39 is 0 Å². The largest absolute Gasteiger partial charge is 0.396 e. The van der Waals surface area contributed by atoms with Crippen LogP contribution in [-0.2, 0) is 17.6 Å². The molecule has 1 amide bonds. The number of amides is 1. The standard InChI is InChI=1S/C14H16N4O2/c19-8-7-11-9-18(17-16-11)13-6-5-10-3-1-2-4-12(10)15-14(13)20/h1-4,9,13,19H,5-8H2,(H,15,20). The van der Waals surface area contributed by atoms with Crippen molar-refractivity contribution < 1.29 is 9.90 Å². The quantitative estimate of drug-likeness (QED) is 0.871. The number of hydrogen-bond donors (Lipinski definition) is 2. The summed E-state index contributed by atoms with van der Waals surface area (Å²) in [5, 5.41) is 19.8. The van der Waals surface area contributed by atoms with Gasteiger partial charge in [-0.3, -0.25) is 4.79 Å². The highest BCUT2D eigenvalue weighted by Gasteiger charge is 2.25. The molecule has 1 aliphatic heterocycles. The molecule has 104 valence electrons. The molecule has 3 rings (SSSR count). The highest BCUT2D eigenvalue weighted by Crippen LogP contribution is 2.26. The molecular weight excluding hydrogens is 256 g/mol. The van der Waals surface area contributed by atoms with Gasteiger partial charge >= 0.3 is 0 Å². The van der Waals surface area contributed by atoms with Crippen LogP contribution in [0.5, 0.6) is 0 Å². The van der Waals surface area contributed by atoms with E-state index in [2.05, 4.69) is 15.6 Å². The number of carbonyl (C=O) groups is 1. The van der Waals surface area contributed by atoms with Crippen molar-refractivity contribution in [1.82, 2.24) is 15.0 Å². The van der Waals surface area contributed by atoms with Gasteiger partial charge in [-0.05, 0) is 24.5 Å². The smallest absolute Gasteiger partial charge is 0.249 e. The predicted octanol–water partition coefficient (Wildman–Crippen LogP) is 0.939. The number of nitrogens with zero attached hydrogens (tertiary/aromatic N) is 3. The van der Waals surface area contributed by atoms with Gasteiger partial charge in [-0.25, -0.2) is 4.68 Å². The first kappa shape index (κ1) is 12.8. The Labute approximate surface area is 116 Å². The van der Waals surface area contributed by atoms with Crippen molar-refractivity contribution in [2.45, 2.75) is 25.3 Å². The minimum Gasteiger partial charge on any atom is -0.396 e. The van der Waals surface area contributed by atoms with Gasteiger partial charge in [0.1, 0.15) is 6.04 Å². The van der Waals surface area contributed by atoms with Gasteiger partial charge < -0.3 is 10.4 Å². The monoisotopic (exact) mass is 272 g/mol. The van der Waals surface area contributed by atoms with Crippen LogP contribution in [0.1, 0.15) is 23.7 Å². The van der Waals surface area contributed by atoms with Gasteiger partial charge in [0.25, 0.3) is 0 Å². The molecule has 0 saturated heterocycles. The molecule has 6 nitrogen and oxygen atoms in total. The number of aromatic nitrogens is 3. The number of aliphatic hydroxyl groups excluding tert-OH is 1. The van der Waals surface area contributed by atoms with Gasteiger partial charge in [0.15, 0.2) is 0 Å². The molecular formula is C14H16N4O2. The van der Waals surface area contributed by atoms with Gasteiger partial charge in [0, 0.05) is 24.9 Å². The first-order valence-electron chi connectivity index (χ1n) is 6.68. The average molecular weight is 272 g/mol. The molecule has 1 aromatic heterocycles. The number of aryl methyl sites for hydroxylation is 1. The van der Waals surface area contributed by atoms with Crippen LogP contribution in [-0.4, -0.2) is 32.6 Å². The summed E-state index contributed by atoms with van der Waals surface area (Å²) in [5.74, 6) is -0.0737. The summed E-state index contributed by atoms with van der Waals surface area (Å²) in [6, 6.07) is 7.46. The zero-order valence-corrected chi connectivity index (χ0v) is 11.0. The second-order valence-electron chi connectivity index (χ2n) is 4.86. The van der Waals surface area contributed by atoms with Crippen molar-refractivity contribution in [1.29, 1.82) is 0 Å². The second kappa shape index (κ2) is 5.42. The molecule has 0 saturated carbocycles. The summed E-state index contributed by atoms with van der Waals surface area (Å²) in [6.45, 7) is 0.0288. The molecule has 0 spiro atoms. The Balaban J connectivity index is 1.83. The first-order chi connectivity index (χ1) is 9.78. The number of carbonyl (C=O) groups excluding carboxylic acids is 1. The number of para-hydroxylation sites is 1. The van der Waals surface area contributed by atoms with Crippen LogP contribution in [0.3, 0.4) is 0 Å².